The fourth-order valence-electron chi connectivity index (χ4n) is 2.73. The smallest absolute Gasteiger partial charge is 0.123 e. The lowest BCUT2D eigenvalue weighted by Crippen LogP contribution is -2.38. The van der Waals surface area contributed by atoms with Crippen LogP contribution in [-0.4, -0.2) is 30.6 Å². The van der Waals surface area contributed by atoms with Gasteiger partial charge in [-0.15, -0.1) is 0 Å². The van der Waals surface area contributed by atoms with E-state index in [9.17, 15) is 4.39 Å². The quantitative estimate of drug-likeness (QED) is 0.864. The molecule has 3 heteroatoms. The Balaban J connectivity index is 2.13. The summed E-state index contributed by atoms with van der Waals surface area (Å²) in [6, 6.07) is 7.82. The number of hydrogen-bond acceptors (Lipinski definition) is 2. The second kappa shape index (κ2) is 5.61. The summed E-state index contributed by atoms with van der Waals surface area (Å²) in [5, 5.41) is 3.39. The van der Waals surface area contributed by atoms with Crippen LogP contribution in [0.1, 0.15) is 31.9 Å². The fourth-order valence-corrected chi connectivity index (χ4v) is 2.73. The third kappa shape index (κ3) is 2.85. The molecule has 0 aromatic heterocycles. The average Bonchev–Trinajstić information content (AvgIpc) is 2.83. The summed E-state index contributed by atoms with van der Waals surface area (Å²) in [4.78, 5) is 2.45. The molecule has 2 rings (SSSR count). The summed E-state index contributed by atoms with van der Waals surface area (Å²) in [6.07, 6.45) is 1.19. The van der Waals surface area contributed by atoms with Crippen molar-refractivity contribution in [2.24, 2.45) is 0 Å². The minimum atomic E-state index is -0.144. The van der Waals surface area contributed by atoms with Crippen LogP contribution in [0.4, 0.5) is 4.39 Å². The first kappa shape index (κ1) is 12.5. The minimum Gasteiger partial charge on any atom is -0.315 e. The van der Waals surface area contributed by atoms with Crippen LogP contribution in [0, 0.1) is 5.82 Å². The zero-order valence-electron chi connectivity index (χ0n) is 10.6. The van der Waals surface area contributed by atoms with E-state index in [1.54, 1.807) is 12.1 Å². The van der Waals surface area contributed by atoms with Crippen LogP contribution in [0.2, 0.25) is 0 Å². The molecule has 2 atom stereocenters. The number of likely N-dealkylation sites (N-methyl/N-ethyl adjacent to an activating group) is 1. The predicted molar refractivity (Wildman–Crippen MR) is 68.5 cm³/mol. The zero-order chi connectivity index (χ0) is 12.3. The van der Waals surface area contributed by atoms with E-state index in [0.717, 1.165) is 25.2 Å². The van der Waals surface area contributed by atoms with Crippen molar-refractivity contribution in [3.63, 3.8) is 0 Å². The molecule has 0 spiro atoms. The van der Waals surface area contributed by atoms with Gasteiger partial charge >= 0.3 is 0 Å². The molecule has 1 saturated heterocycles. The highest BCUT2D eigenvalue weighted by Gasteiger charge is 2.25. The van der Waals surface area contributed by atoms with Gasteiger partial charge in [0.05, 0.1) is 0 Å². The first-order chi connectivity index (χ1) is 8.22. The Morgan fingerprint density at radius 3 is 2.94 bits per heavy atom. The molecule has 17 heavy (non-hydrogen) atoms. The average molecular weight is 236 g/mol. The van der Waals surface area contributed by atoms with Gasteiger partial charge in [-0.2, -0.15) is 0 Å². The molecular formula is C14H21FN2. The fraction of sp³-hybridized carbons (Fsp3) is 0.571. The Kier molecular flexibility index (Phi) is 4.13. The van der Waals surface area contributed by atoms with Crippen molar-refractivity contribution < 1.29 is 4.39 Å². The van der Waals surface area contributed by atoms with Gasteiger partial charge in [-0.3, -0.25) is 4.90 Å². The monoisotopic (exact) mass is 236 g/mol. The topological polar surface area (TPSA) is 15.3 Å². The first-order valence-corrected chi connectivity index (χ1v) is 6.44. The number of hydrogen-bond donors (Lipinski definition) is 1. The zero-order valence-corrected chi connectivity index (χ0v) is 10.6. The molecule has 0 saturated carbocycles. The van der Waals surface area contributed by atoms with Gasteiger partial charge in [-0.1, -0.05) is 19.1 Å². The second-order valence-corrected chi connectivity index (χ2v) is 4.71. The molecule has 0 amide bonds. The summed E-state index contributed by atoms with van der Waals surface area (Å²) < 4.78 is 13.2. The van der Waals surface area contributed by atoms with Gasteiger partial charge in [-0.25, -0.2) is 4.39 Å². The third-order valence-electron chi connectivity index (χ3n) is 3.70. The van der Waals surface area contributed by atoms with Gasteiger partial charge in [0.25, 0.3) is 0 Å². The molecule has 0 bridgehead atoms. The highest BCUT2D eigenvalue weighted by Crippen LogP contribution is 2.24. The molecule has 2 nitrogen and oxygen atoms in total. The lowest BCUT2D eigenvalue weighted by molar-refractivity contribution is 0.162. The molecule has 1 aliphatic rings. The minimum absolute atomic E-state index is 0.144. The van der Waals surface area contributed by atoms with E-state index in [4.69, 9.17) is 0 Å². The van der Waals surface area contributed by atoms with Crippen molar-refractivity contribution in [1.82, 2.24) is 10.2 Å². The number of nitrogens with one attached hydrogen (secondary N) is 1. The van der Waals surface area contributed by atoms with Gasteiger partial charge in [-0.05, 0) is 44.1 Å². The summed E-state index contributed by atoms with van der Waals surface area (Å²) in [5.74, 6) is -0.144. The SMILES string of the molecule is CCN(C1CCNC1)C(C)c1cccc(F)c1. The van der Waals surface area contributed by atoms with E-state index in [0.29, 0.717) is 6.04 Å². The summed E-state index contributed by atoms with van der Waals surface area (Å²) in [7, 11) is 0. The van der Waals surface area contributed by atoms with Gasteiger partial charge < -0.3 is 5.32 Å². The van der Waals surface area contributed by atoms with E-state index in [2.05, 4.69) is 24.1 Å². The van der Waals surface area contributed by atoms with Crippen molar-refractivity contribution in [3.8, 4) is 0 Å². The van der Waals surface area contributed by atoms with Crippen LogP contribution in [-0.2, 0) is 0 Å². The Bertz CT molecular complexity index is 361. The number of rotatable bonds is 4. The normalized spacial score (nSPS) is 22.0. The molecule has 0 radical (unpaired) electrons. The first-order valence-electron chi connectivity index (χ1n) is 6.44. The maximum atomic E-state index is 13.2. The van der Waals surface area contributed by atoms with Gasteiger partial charge in [0.1, 0.15) is 5.82 Å². The highest BCUT2D eigenvalue weighted by molar-refractivity contribution is 5.20. The van der Waals surface area contributed by atoms with E-state index >= 15 is 0 Å². The van der Waals surface area contributed by atoms with Crippen molar-refractivity contribution >= 4 is 0 Å². The maximum Gasteiger partial charge on any atom is 0.123 e. The van der Waals surface area contributed by atoms with E-state index in [1.165, 1.54) is 12.5 Å². The number of halogens is 1. The molecule has 1 fully saturated rings. The van der Waals surface area contributed by atoms with Crippen molar-refractivity contribution in [1.29, 1.82) is 0 Å². The molecule has 1 aliphatic heterocycles. The van der Waals surface area contributed by atoms with Crippen LogP contribution >= 0.6 is 0 Å². The van der Waals surface area contributed by atoms with Crippen LogP contribution in [0.25, 0.3) is 0 Å². The Labute approximate surface area is 103 Å². The third-order valence-corrected chi connectivity index (χ3v) is 3.70. The largest absolute Gasteiger partial charge is 0.315 e. The predicted octanol–water partition coefficient (Wildman–Crippen LogP) is 2.57. The van der Waals surface area contributed by atoms with E-state index < -0.39 is 0 Å². The lowest BCUT2D eigenvalue weighted by Gasteiger charge is -2.33. The van der Waals surface area contributed by atoms with Gasteiger partial charge in [0.15, 0.2) is 0 Å². The van der Waals surface area contributed by atoms with Gasteiger partial charge in [0.2, 0.25) is 0 Å². The Morgan fingerprint density at radius 1 is 1.53 bits per heavy atom. The van der Waals surface area contributed by atoms with E-state index in [-0.39, 0.29) is 11.9 Å². The maximum absolute atomic E-state index is 13.2. The Morgan fingerprint density at radius 2 is 2.35 bits per heavy atom. The van der Waals surface area contributed by atoms with Crippen molar-refractivity contribution in [2.45, 2.75) is 32.4 Å². The molecular weight excluding hydrogens is 215 g/mol. The summed E-state index contributed by atoms with van der Waals surface area (Å²) in [6.45, 7) is 7.49. The molecule has 1 aromatic rings. The molecule has 1 heterocycles. The second-order valence-electron chi connectivity index (χ2n) is 4.71. The molecule has 0 aliphatic carbocycles. The number of benzene rings is 1. The summed E-state index contributed by atoms with van der Waals surface area (Å²) >= 11 is 0. The van der Waals surface area contributed by atoms with Crippen LogP contribution in [0.5, 0.6) is 0 Å². The molecule has 1 aromatic carbocycles. The molecule has 1 N–H and O–H groups in total. The standard InChI is InChI=1S/C14H21FN2/c1-3-17(14-7-8-16-10-14)11(2)12-5-4-6-13(15)9-12/h4-6,9,11,14,16H,3,7-8,10H2,1-2H3. The van der Waals surface area contributed by atoms with Crippen LogP contribution in [0.3, 0.4) is 0 Å². The molecule has 94 valence electrons. The van der Waals surface area contributed by atoms with Gasteiger partial charge in [0, 0.05) is 18.6 Å². The van der Waals surface area contributed by atoms with E-state index in [1.807, 2.05) is 6.07 Å². The van der Waals surface area contributed by atoms with Crippen LogP contribution in [0.15, 0.2) is 24.3 Å². The number of nitrogens with zero attached hydrogens (tertiary/aromatic N) is 1. The summed E-state index contributed by atoms with van der Waals surface area (Å²) in [5.41, 5.74) is 1.07. The van der Waals surface area contributed by atoms with Crippen LogP contribution < -0.4 is 5.32 Å². The van der Waals surface area contributed by atoms with Crippen molar-refractivity contribution in [3.05, 3.63) is 35.6 Å². The molecule has 2 unspecified atom stereocenters. The van der Waals surface area contributed by atoms with Crippen molar-refractivity contribution in [2.75, 3.05) is 19.6 Å². The lowest BCUT2D eigenvalue weighted by atomic mass is 10.0. The highest BCUT2D eigenvalue weighted by atomic mass is 19.1. The Hall–Kier alpha value is -0.930.